The van der Waals surface area contributed by atoms with Crippen LogP contribution in [0.4, 0.5) is 11.4 Å². The number of hydrogen-bond acceptors (Lipinski definition) is 5. The van der Waals surface area contributed by atoms with Gasteiger partial charge in [-0.05, 0) is 18.1 Å². The van der Waals surface area contributed by atoms with E-state index in [-0.39, 0.29) is 5.56 Å². The number of anilines is 1. The molecule has 0 aliphatic carbocycles. The van der Waals surface area contributed by atoms with Crippen LogP contribution in [-0.4, -0.2) is 42.8 Å². The van der Waals surface area contributed by atoms with E-state index in [1.54, 1.807) is 13.2 Å². The Morgan fingerprint density at radius 1 is 1.48 bits per heavy atom. The fraction of sp³-hybridized carbons (Fsp3) is 0.500. The summed E-state index contributed by atoms with van der Waals surface area (Å²) in [5, 5.41) is 20.0. The molecule has 0 saturated carbocycles. The average molecular weight is 296 g/mol. The van der Waals surface area contributed by atoms with Crippen LogP contribution in [0.25, 0.3) is 0 Å². The number of ether oxygens (including phenoxy) is 1. The van der Waals surface area contributed by atoms with Crippen molar-refractivity contribution in [2.24, 2.45) is 5.92 Å². The highest BCUT2D eigenvalue weighted by molar-refractivity contribution is 5.93. The van der Waals surface area contributed by atoms with Crippen LogP contribution in [0, 0.1) is 16.0 Å². The number of carbonyl (C=O) groups is 1. The molecular weight excluding hydrogens is 276 g/mol. The van der Waals surface area contributed by atoms with Gasteiger partial charge in [-0.3, -0.25) is 10.1 Å². The lowest BCUT2D eigenvalue weighted by Crippen LogP contribution is -2.31. The van der Waals surface area contributed by atoms with Crippen LogP contribution in [0.2, 0.25) is 0 Å². The molecule has 0 aliphatic rings. The van der Waals surface area contributed by atoms with Crippen molar-refractivity contribution < 1.29 is 19.6 Å². The van der Waals surface area contributed by atoms with E-state index in [0.717, 1.165) is 0 Å². The second kappa shape index (κ2) is 7.58. The lowest BCUT2D eigenvalue weighted by molar-refractivity contribution is -0.385. The summed E-state index contributed by atoms with van der Waals surface area (Å²) in [7, 11) is 1.59. The molecule has 0 unspecified atom stereocenters. The predicted molar refractivity (Wildman–Crippen MR) is 79.0 cm³/mol. The van der Waals surface area contributed by atoms with Gasteiger partial charge in [0.1, 0.15) is 5.56 Å². The first-order valence-electron chi connectivity index (χ1n) is 6.62. The van der Waals surface area contributed by atoms with Crippen LogP contribution in [0.1, 0.15) is 24.2 Å². The number of rotatable bonds is 8. The fourth-order valence-corrected chi connectivity index (χ4v) is 2.02. The van der Waals surface area contributed by atoms with Crippen molar-refractivity contribution >= 4 is 17.3 Å². The van der Waals surface area contributed by atoms with Gasteiger partial charge in [0.2, 0.25) is 0 Å². The van der Waals surface area contributed by atoms with Crippen LogP contribution in [0.3, 0.4) is 0 Å². The number of benzene rings is 1. The molecule has 0 radical (unpaired) electrons. The summed E-state index contributed by atoms with van der Waals surface area (Å²) in [5.74, 6) is -0.944. The van der Waals surface area contributed by atoms with E-state index in [4.69, 9.17) is 9.84 Å². The topological polar surface area (TPSA) is 92.9 Å². The Labute approximate surface area is 123 Å². The van der Waals surface area contributed by atoms with Gasteiger partial charge in [0.05, 0.1) is 11.5 Å². The zero-order valence-electron chi connectivity index (χ0n) is 12.4. The molecule has 0 bridgehead atoms. The Hall–Kier alpha value is -2.15. The van der Waals surface area contributed by atoms with Crippen molar-refractivity contribution in [3.8, 4) is 0 Å². The van der Waals surface area contributed by atoms with Crippen LogP contribution in [0.15, 0.2) is 18.2 Å². The van der Waals surface area contributed by atoms with Crippen molar-refractivity contribution in [2.75, 3.05) is 31.7 Å². The molecule has 0 saturated heterocycles. The minimum Gasteiger partial charge on any atom is -0.477 e. The van der Waals surface area contributed by atoms with Gasteiger partial charge in [0.25, 0.3) is 5.69 Å². The minimum atomic E-state index is -1.31. The van der Waals surface area contributed by atoms with E-state index in [9.17, 15) is 14.9 Å². The van der Waals surface area contributed by atoms with E-state index in [2.05, 4.69) is 0 Å². The third kappa shape index (κ3) is 4.71. The molecule has 7 nitrogen and oxygen atoms in total. The number of carboxylic acids is 1. The van der Waals surface area contributed by atoms with Gasteiger partial charge in [-0.15, -0.1) is 0 Å². The summed E-state index contributed by atoms with van der Waals surface area (Å²) in [6.45, 7) is 5.85. The van der Waals surface area contributed by atoms with E-state index >= 15 is 0 Å². The predicted octanol–water partition coefficient (Wildman–Crippen LogP) is 2.40. The molecule has 0 heterocycles. The molecule has 7 heteroatoms. The molecule has 0 fully saturated rings. The van der Waals surface area contributed by atoms with E-state index in [1.807, 2.05) is 18.7 Å². The third-order valence-electron chi connectivity index (χ3n) is 2.92. The van der Waals surface area contributed by atoms with Crippen LogP contribution < -0.4 is 4.90 Å². The maximum absolute atomic E-state index is 11.0. The van der Waals surface area contributed by atoms with Crippen molar-refractivity contribution in [3.63, 3.8) is 0 Å². The van der Waals surface area contributed by atoms with E-state index in [1.165, 1.54) is 12.1 Å². The molecular formula is C14H20N2O5. The molecule has 1 aromatic carbocycles. The van der Waals surface area contributed by atoms with E-state index < -0.39 is 16.6 Å². The van der Waals surface area contributed by atoms with Crippen molar-refractivity contribution in [2.45, 2.75) is 13.8 Å². The quantitative estimate of drug-likeness (QED) is 0.585. The second-order valence-corrected chi connectivity index (χ2v) is 5.10. The van der Waals surface area contributed by atoms with Gasteiger partial charge in [-0.1, -0.05) is 13.8 Å². The van der Waals surface area contributed by atoms with Crippen molar-refractivity contribution in [1.29, 1.82) is 0 Å². The largest absolute Gasteiger partial charge is 0.477 e. The third-order valence-corrected chi connectivity index (χ3v) is 2.92. The van der Waals surface area contributed by atoms with Crippen molar-refractivity contribution in [3.05, 3.63) is 33.9 Å². The molecule has 0 atom stereocenters. The Kier molecular flexibility index (Phi) is 6.10. The maximum atomic E-state index is 11.0. The molecule has 116 valence electrons. The number of nitrogens with zero attached hydrogens (tertiary/aromatic N) is 2. The molecule has 21 heavy (non-hydrogen) atoms. The highest BCUT2D eigenvalue weighted by Gasteiger charge is 2.22. The number of hydrogen-bond donors (Lipinski definition) is 1. The fourth-order valence-electron chi connectivity index (χ4n) is 2.02. The Bertz CT molecular complexity index is 516. The normalized spacial score (nSPS) is 10.7. The zero-order chi connectivity index (χ0) is 16.0. The lowest BCUT2D eigenvalue weighted by Gasteiger charge is -2.26. The first kappa shape index (κ1) is 16.9. The molecule has 1 N–H and O–H groups in total. The lowest BCUT2D eigenvalue weighted by atomic mass is 10.1. The van der Waals surface area contributed by atoms with Crippen molar-refractivity contribution in [1.82, 2.24) is 0 Å². The summed E-state index contributed by atoms with van der Waals surface area (Å²) in [4.78, 5) is 23.3. The smallest absolute Gasteiger partial charge is 0.342 e. The Morgan fingerprint density at radius 2 is 2.14 bits per heavy atom. The first-order valence-corrected chi connectivity index (χ1v) is 6.62. The number of carboxylic acid groups (broad SMARTS) is 1. The second-order valence-electron chi connectivity index (χ2n) is 5.10. The molecule has 0 aromatic heterocycles. The summed E-state index contributed by atoms with van der Waals surface area (Å²) in [5.41, 5.74) is -0.0800. The molecule has 0 spiro atoms. The summed E-state index contributed by atoms with van der Waals surface area (Å²) in [6, 6.07) is 4.17. The number of nitro benzene ring substituents is 1. The summed E-state index contributed by atoms with van der Waals surface area (Å²) >= 11 is 0. The van der Waals surface area contributed by atoms with Gasteiger partial charge < -0.3 is 14.7 Å². The standard InChI is InChI=1S/C14H20N2O5/c1-10(2)9-15(6-7-21-3)11-4-5-12(14(17)18)13(8-11)16(19)20/h4-5,8,10H,6-7,9H2,1-3H3,(H,17,18). The first-order chi connectivity index (χ1) is 9.86. The minimum absolute atomic E-state index is 0.306. The monoisotopic (exact) mass is 296 g/mol. The number of aromatic carboxylic acids is 1. The van der Waals surface area contributed by atoms with Gasteiger partial charge in [0, 0.05) is 32.0 Å². The summed E-state index contributed by atoms with van der Waals surface area (Å²) in [6.07, 6.45) is 0. The number of methoxy groups -OCH3 is 1. The van der Waals surface area contributed by atoms with Crippen LogP contribution >= 0.6 is 0 Å². The van der Waals surface area contributed by atoms with Gasteiger partial charge in [-0.25, -0.2) is 4.79 Å². The van der Waals surface area contributed by atoms with Crippen LogP contribution in [0.5, 0.6) is 0 Å². The molecule has 1 aromatic rings. The average Bonchev–Trinajstić information content (AvgIpc) is 2.42. The van der Waals surface area contributed by atoms with Gasteiger partial charge >= 0.3 is 5.97 Å². The van der Waals surface area contributed by atoms with E-state index in [0.29, 0.717) is 31.3 Å². The number of nitro groups is 1. The SMILES string of the molecule is COCCN(CC(C)C)c1ccc(C(=O)O)c([N+](=O)[O-])c1. The Morgan fingerprint density at radius 3 is 2.62 bits per heavy atom. The highest BCUT2D eigenvalue weighted by Crippen LogP contribution is 2.26. The summed E-state index contributed by atoms with van der Waals surface area (Å²) < 4.78 is 5.05. The Balaban J connectivity index is 3.16. The van der Waals surface area contributed by atoms with Gasteiger partial charge in [-0.2, -0.15) is 0 Å². The molecule has 0 aliphatic heterocycles. The highest BCUT2D eigenvalue weighted by atomic mass is 16.6. The molecule has 0 amide bonds. The molecule has 1 rings (SSSR count). The maximum Gasteiger partial charge on any atom is 0.342 e. The zero-order valence-corrected chi connectivity index (χ0v) is 12.4. The van der Waals surface area contributed by atoms with Gasteiger partial charge in [0.15, 0.2) is 0 Å². The van der Waals surface area contributed by atoms with Crippen LogP contribution in [-0.2, 0) is 4.74 Å².